The van der Waals surface area contributed by atoms with Crippen LogP contribution in [-0.4, -0.2) is 46.3 Å². The molecule has 2 aliphatic rings. The number of hydrogen-bond acceptors (Lipinski definition) is 3. The molecule has 4 heteroatoms. The number of nitrogens with zero attached hydrogens (tertiary/aromatic N) is 1. The van der Waals surface area contributed by atoms with Crippen LogP contribution in [0, 0.1) is 5.92 Å². The molecule has 0 radical (unpaired) electrons. The first-order valence-corrected chi connectivity index (χ1v) is 7.36. The fourth-order valence-corrected chi connectivity index (χ4v) is 3.81. The maximum atomic E-state index is 10.6. The number of hydrogen-bond donors (Lipinski definition) is 1. The fraction of sp³-hybridized carbons (Fsp3) is 0.933. The lowest BCUT2D eigenvalue weighted by molar-refractivity contribution is -0.137. The van der Waals surface area contributed by atoms with E-state index in [2.05, 4.69) is 32.6 Å². The predicted molar refractivity (Wildman–Crippen MR) is 74.2 cm³/mol. The van der Waals surface area contributed by atoms with Crippen LogP contribution in [0.1, 0.15) is 53.4 Å². The summed E-state index contributed by atoms with van der Waals surface area (Å²) in [6, 6.07) is 0.456. The Morgan fingerprint density at radius 2 is 2.05 bits per heavy atom. The number of rotatable bonds is 4. The second kappa shape index (κ2) is 5.06. The van der Waals surface area contributed by atoms with Crippen molar-refractivity contribution in [3.8, 4) is 0 Å². The van der Waals surface area contributed by atoms with Crippen molar-refractivity contribution >= 4 is 5.97 Å². The Morgan fingerprint density at radius 1 is 1.37 bits per heavy atom. The van der Waals surface area contributed by atoms with Gasteiger partial charge in [-0.05, 0) is 59.4 Å². The maximum Gasteiger partial charge on any atom is 0.303 e. The fourth-order valence-electron chi connectivity index (χ4n) is 3.81. The van der Waals surface area contributed by atoms with Crippen molar-refractivity contribution in [3.63, 3.8) is 0 Å². The molecule has 1 N–H and O–H groups in total. The van der Waals surface area contributed by atoms with E-state index in [0.717, 1.165) is 32.4 Å². The molecule has 110 valence electrons. The highest BCUT2D eigenvalue weighted by Gasteiger charge is 2.49. The molecule has 0 aliphatic carbocycles. The molecular weight excluding hydrogens is 242 g/mol. The molecule has 2 rings (SSSR count). The third-order valence-electron chi connectivity index (χ3n) is 4.55. The standard InChI is InChI=1S/C15H27NO3/c1-14(2)9-12(15(3,4)19-14)16-8-7-11(10-16)5-6-13(17)18/h11-12H,5-10H2,1-4H3,(H,17,18). The summed E-state index contributed by atoms with van der Waals surface area (Å²) in [4.78, 5) is 13.2. The SMILES string of the molecule is CC1(C)CC(N2CCC(CCC(=O)O)C2)C(C)(C)O1. The predicted octanol–water partition coefficient (Wildman–Crippen LogP) is 2.52. The lowest BCUT2D eigenvalue weighted by Gasteiger charge is -2.33. The van der Waals surface area contributed by atoms with E-state index in [4.69, 9.17) is 9.84 Å². The van der Waals surface area contributed by atoms with Crippen molar-refractivity contribution in [1.82, 2.24) is 4.90 Å². The van der Waals surface area contributed by atoms with Gasteiger partial charge in [-0.15, -0.1) is 0 Å². The van der Waals surface area contributed by atoms with Crippen LogP contribution < -0.4 is 0 Å². The van der Waals surface area contributed by atoms with Gasteiger partial charge in [0.05, 0.1) is 11.2 Å². The highest BCUT2D eigenvalue weighted by molar-refractivity contribution is 5.66. The third-order valence-corrected chi connectivity index (χ3v) is 4.55. The van der Waals surface area contributed by atoms with Gasteiger partial charge >= 0.3 is 5.97 Å². The van der Waals surface area contributed by atoms with Gasteiger partial charge in [-0.3, -0.25) is 9.69 Å². The van der Waals surface area contributed by atoms with Gasteiger partial charge in [0.15, 0.2) is 0 Å². The average Bonchev–Trinajstić information content (AvgIpc) is 2.77. The summed E-state index contributed by atoms with van der Waals surface area (Å²) < 4.78 is 6.16. The molecule has 2 aliphatic heterocycles. The zero-order chi connectivity index (χ0) is 14.3. The summed E-state index contributed by atoms with van der Waals surface area (Å²) in [7, 11) is 0. The van der Waals surface area contributed by atoms with Crippen LogP contribution in [0.4, 0.5) is 0 Å². The van der Waals surface area contributed by atoms with Gasteiger partial charge in [-0.25, -0.2) is 0 Å². The number of carboxylic acids is 1. The molecule has 2 saturated heterocycles. The Hall–Kier alpha value is -0.610. The van der Waals surface area contributed by atoms with E-state index in [1.165, 1.54) is 0 Å². The topological polar surface area (TPSA) is 49.8 Å². The summed E-state index contributed by atoms with van der Waals surface area (Å²) in [5.41, 5.74) is -0.154. The van der Waals surface area contributed by atoms with E-state index < -0.39 is 5.97 Å². The Morgan fingerprint density at radius 3 is 2.58 bits per heavy atom. The van der Waals surface area contributed by atoms with Crippen molar-refractivity contribution in [2.45, 2.75) is 70.6 Å². The van der Waals surface area contributed by atoms with Gasteiger partial charge in [-0.1, -0.05) is 0 Å². The number of carboxylic acid groups (broad SMARTS) is 1. The third kappa shape index (κ3) is 3.48. The molecule has 4 nitrogen and oxygen atoms in total. The van der Waals surface area contributed by atoms with Crippen molar-refractivity contribution in [1.29, 1.82) is 0 Å². The van der Waals surface area contributed by atoms with Crippen LogP contribution in [0.3, 0.4) is 0 Å². The van der Waals surface area contributed by atoms with E-state index in [9.17, 15) is 4.79 Å². The molecule has 2 unspecified atom stereocenters. The smallest absolute Gasteiger partial charge is 0.303 e. The lowest BCUT2D eigenvalue weighted by Crippen LogP contribution is -2.45. The molecule has 0 amide bonds. The molecule has 2 atom stereocenters. The Kier molecular flexibility index (Phi) is 3.94. The van der Waals surface area contributed by atoms with Crippen LogP contribution in [0.2, 0.25) is 0 Å². The zero-order valence-electron chi connectivity index (χ0n) is 12.6. The second-order valence-corrected chi connectivity index (χ2v) is 7.27. The molecule has 0 aromatic carbocycles. The summed E-state index contributed by atoms with van der Waals surface area (Å²) in [6.07, 6.45) is 3.30. The number of likely N-dealkylation sites (tertiary alicyclic amines) is 1. The van der Waals surface area contributed by atoms with Gasteiger partial charge < -0.3 is 9.84 Å². The van der Waals surface area contributed by atoms with Gasteiger partial charge in [0, 0.05) is 19.0 Å². The van der Waals surface area contributed by atoms with Crippen molar-refractivity contribution in [3.05, 3.63) is 0 Å². The molecule has 0 saturated carbocycles. The van der Waals surface area contributed by atoms with Gasteiger partial charge in [0.1, 0.15) is 0 Å². The lowest BCUT2D eigenvalue weighted by atomic mass is 9.93. The molecule has 0 aromatic rings. The minimum absolute atomic E-state index is 0.0483. The van der Waals surface area contributed by atoms with E-state index in [1.54, 1.807) is 0 Å². The monoisotopic (exact) mass is 269 g/mol. The van der Waals surface area contributed by atoms with Crippen molar-refractivity contribution in [2.24, 2.45) is 5.92 Å². The summed E-state index contributed by atoms with van der Waals surface area (Å²) in [5, 5.41) is 8.77. The van der Waals surface area contributed by atoms with Gasteiger partial charge in [-0.2, -0.15) is 0 Å². The first-order chi connectivity index (χ1) is 8.70. The Labute approximate surface area is 116 Å². The minimum atomic E-state index is -0.677. The maximum absolute atomic E-state index is 10.6. The Bertz CT molecular complexity index is 351. The minimum Gasteiger partial charge on any atom is -0.481 e. The molecule has 2 fully saturated rings. The highest BCUT2D eigenvalue weighted by Crippen LogP contribution is 2.41. The van der Waals surface area contributed by atoms with Gasteiger partial charge in [0.25, 0.3) is 0 Å². The van der Waals surface area contributed by atoms with E-state index in [-0.39, 0.29) is 11.2 Å². The molecule has 0 bridgehead atoms. The van der Waals surface area contributed by atoms with Crippen LogP contribution in [-0.2, 0) is 9.53 Å². The highest BCUT2D eigenvalue weighted by atomic mass is 16.5. The average molecular weight is 269 g/mol. The van der Waals surface area contributed by atoms with Crippen LogP contribution in [0.5, 0.6) is 0 Å². The summed E-state index contributed by atoms with van der Waals surface area (Å²) in [5.74, 6) is -0.139. The molecular formula is C15H27NO3. The van der Waals surface area contributed by atoms with E-state index >= 15 is 0 Å². The van der Waals surface area contributed by atoms with Crippen LogP contribution in [0.15, 0.2) is 0 Å². The zero-order valence-corrected chi connectivity index (χ0v) is 12.6. The first-order valence-electron chi connectivity index (χ1n) is 7.36. The second-order valence-electron chi connectivity index (χ2n) is 7.27. The normalized spacial score (nSPS) is 33.7. The quantitative estimate of drug-likeness (QED) is 0.852. The van der Waals surface area contributed by atoms with Crippen LogP contribution in [0.25, 0.3) is 0 Å². The largest absolute Gasteiger partial charge is 0.481 e. The molecule has 2 heterocycles. The number of carbonyl (C=O) groups is 1. The van der Waals surface area contributed by atoms with Crippen molar-refractivity contribution < 1.29 is 14.6 Å². The molecule has 19 heavy (non-hydrogen) atoms. The molecule has 0 aromatic heterocycles. The van der Waals surface area contributed by atoms with E-state index in [0.29, 0.717) is 18.4 Å². The number of aliphatic carboxylic acids is 1. The van der Waals surface area contributed by atoms with Crippen molar-refractivity contribution in [2.75, 3.05) is 13.1 Å². The Balaban J connectivity index is 1.92. The first kappa shape index (κ1) is 14.8. The van der Waals surface area contributed by atoms with Crippen LogP contribution >= 0.6 is 0 Å². The van der Waals surface area contributed by atoms with E-state index in [1.807, 2.05) is 0 Å². The summed E-state index contributed by atoms with van der Waals surface area (Å²) >= 11 is 0. The number of ether oxygens (including phenoxy) is 1. The van der Waals surface area contributed by atoms with Gasteiger partial charge in [0.2, 0.25) is 0 Å². The molecule has 0 spiro atoms. The summed E-state index contributed by atoms with van der Waals surface area (Å²) in [6.45, 7) is 10.8.